The average molecular weight is 368 g/mol. The average Bonchev–Trinajstić information content (AvgIpc) is 2.96. The van der Waals surface area contributed by atoms with Crippen LogP contribution < -0.4 is 10.2 Å². The van der Waals surface area contributed by atoms with Gasteiger partial charge in [-0.25, -0.2) is 0 Å². The number of benzene rings is 1. The van der Waals surface area contributed by atoms with E-state index in [9.17, 15) is 14.4 Å². The molecule has 24 heavy (non-hydrogen) atoms. The van der Waals surface area contributed by atoms with Crippen molar-refractivity contribution in [1.29, 1.82) is 0 Å². The molecule has 1 aliphatic heterocycles. The van der Waals surface area contributed by atoms with E-state index in [2.05, 4.69) is 5.32 Å². The van der Waals surface area contributed by atoms with Crippen molar-refractivity contribution in [3.8, 4) is 0 Å². The van der Waals surface area contributed by atoms with Crippen molar-refractivity contribution in [2.75, 3.05) is 35.8 Å². The summed E-state index contributed by atoms with van der Waals surface area (Å²) < 4.78 is 0. The van der Waals surface area contributed by atoms with Gasteiger partial charge < -0.3 is 15.3 Å². The first-order valence-corrected chi connectivity index (χ1v) is 9.91. The number of carboxylic acid groups (broad SMARTS) is 1. The highest BCUT2D eigenvalue weighted by atomic mass is 32.2. The smallest absolute Gasteiger partial charge is 0.313 e. The molecule has 1 aromatic rings. The molecular formula is C16H20N2O4S2. The van der Waals surface area contributed by atoms with E-state index in [1.807, 2.05) is 30.5 Å². The van der Waals surface area contributed by atoms with E-state index in [4.69, 9.17) is 5.11 Å². The number of nitrogens with zero attached hydrogens (tertiary/aromatic N) is 1. The van der Waals surface area contributed by atoms with Gasteiger partial charge in [0, 0.05) is 35.8 Å². The first-order valence-electron chi connectivity index (χ1n) is 7.53. The SMILES string of the molecule is CSc1ccc(N2CC(C(=O)NCCSCC(=O)O)CC2=O)cc1. The number of hydrogen-bond donors (Lipinski definition) is 2. The van der Waals surface area contributed by atoms with Crippen molar-refractivity contribution < 1.29 is 19.5 Å². The van der Waals surface area contributed by atoms with Gasteiger partial charge in [0.25, 0.3) is 0 Å². The Morgan fingerprint density at radius 2 is 2.04 bits per heavy atom. The van der Waals surface area contributed by atoms with Gasteiger partial charge in [0.15, 0.2) is 0 Å². The van der Waals surface area contributed by atoms with Crippen LogP contribution in [0.5, 0.6) is 0 Å². The predicted molar refractivity (Wildman–Crippen MR) is 96.7 cm³/mol. The summed E-state index contributed by atoms with van der Waals surface area (Å²) in [5, 5.41) is 11.3. The lowest BCUT2D eigenvalue weighted by atomic mass is 10.1. The number of carbonyl (C=O) groups is 3. The van der Waals surface area contributed by atoms with Gasteiger partial charge in [0.05, 0.1) is 11.7 Å². The number of carboxylic acids is 1. The minimum atomic E-state index is -0.865. The topological polar surface area (TPSA) is 86.7 Å². The van der Waals surface area contributed by atoms with Crippen LogP contribution in [-0.2, 0) is 14.4 Å². The van der Waals surface area contributed by atoms with E-state index in [0.29, 0.717) is 18.8 Å². The van der Waals surface area contributed by atoms with Crippen LogP contribution in [0, 0.1) is 5.92 Å². The first-order chi connectivity index (χ1) is 11.5. The molecule has 8 heteroatoms. The standard InChI is InChI=1S/C16H20N2O4S2/c1-23-13-4-2-12(3-5-13)18-9-11(8-14(18)19)16(22)17-6-7-24-10-15(20)21/h2-5,11H,6-10H2,1H3,(H,17,22)(H,20,21). The number of hydrogen-bond acceptors (Lipinski definition) is 5. The van der Waals surface area contributed by atoms with Gasteiger partial charge in [-0.2, -0.15) is 0 Å². The Bertz CT molecular complexity index is 607. The fourth-order valence-electron chi connectivity index (χ4n) is 2.45. The number of nitrogens with one attached hydrogen (secondary N) is 1. The van der Waals surface area contributed by atoms with Crippen LogP contribution in [0.25, 0.3) is 0 Å². The van der Waals surface area contributed by atoms with Crippen LogP contribution in [0.3, 0.4) is 0 Å². The van der Waals surface area contributed by atoms with E-state index in [1.54, 1.807) is 16.7 Å². The van der Waals surface area contributed by atoms with Gasteiger partial charge in [-0.3, -0.25) is 14.4 Å². The minimum Gasteiger partial charge on any atom is -0.481 e. The molecular weight excluding hydrogens is 348 g/mol. The Hall–Kier alpha value is -1.67. The Balaban J connectivity index is 1.82. The first kappa shape index (κ1) is 18.7. The summed E-state index contributed by atoms with van der Waals surface area (Å²) in [6, 6.07) is 7.71. The lowest BCUT2D eigenvalue weighted by molar-refractivity contribution is -0.134. The van der Waals surface area contributed by atoms with Crippen molar-refractivity contribution in [2.24, 2.45) is 5.92 Å². The third-order valence-corrected chi connectivity index (χ3v) is 5.34. The highest BCUT2D eigenvalue weighted by Gasteiger charge is 2.34. The third kappa shape index (κ3) is 5.17. The van der Waals surface area contributed by atoms with Crippen molar-refractivity contribution in [2.45, 2.75) is 11.3 Å². The largest absolute Gasteiger partial charge is 0.481 e. The predicted octanol–water partition coefficient (Wildman–Crippen LogP) is 1.70. The van der Waals surface area contributed by atoms with E-state index >= 15 is 0 Å². The second-order valence-corrected chi connectivity index (χ2v) is 7.33. The Kier molecular flexibility index (Phi) is 6.99. The molecule has 1 saturated heterocycles. The molecule has 0 saturated carbocycles. The highest BCUT2D eigenvalue weighted by molar-refractivity contribution is 7.99. The zero-order chi connectivity index (χ0) is 17.5. The van der Waals surface area contributed by atoms with E-state index < -0.39 is 5.97 Å². The Morgan fingerprint density at radius 1 is 1.33 bits per heavy atom. The Morgan fingerprint density at radius 3 is 2.67 bits per heavy atom. The van der Waals surface area contributed by atoms with Gasteiger partial charge in [0.2, 0.25) is 11.8 Å². The molecule has 1 fully saturated rings. The van der Waals surface area contributed by atoms with Gasteiger partial charge in [-0.05, 0) is 30.5 Å². The molecule has 0 aliphatic carbocycles. The maximum absolute atomic E-state index is 12.2. The summed E-state index contributed by atoms with van der Waals surface area (Å²) in [6.07, 6.45) is 2.20. The van der Waals surface area contributed by atoms with Crippen molar-refractivity contribution >= 4 is 47.0 Å². The molecule has 1 heterocycles. The molecule has 1 unspecified atom stereocenters. The number of carbonyl (C=O) groups excluding carboxylic acids is 2. The summed E-state index contributed by atoms with van der Waals surface area (Å²) in [6.45, 7) is 0.787. The molecule has 2 rings (SSSR count). The van der Waals surface area contributed by atoms with Crippen molar-refractivity contribution in [3.05, 3.63) is 24.3 Å². The number of aliphatic carboxylic acids is 1. The van der Waals surface area contributed by atoms with E-state index in [0.717, 1.165) is 10.6 Å². The van der Waals surface area contributed by atoms with E-state index in [-0.39, 0.29) is 29.9 Å². The maximum atomic E-state index is 12.2. The van der Waals surface area contributed by atoms with Crippen LogP contribution in [0.1, 0.15) is 6.42 Å². The molecule has 2 amide bonds. The van der Waals surface area contributed by atoms with Crippen LogP contribution in [-0.4, -0.2) is 53.7 Å². The second kappa shape index (κ2) is 8.98. The van der Waals surface area contributed by atoms with Gasteiger partial charge in [0.1, 0.15) is 0 Å². The van der Waals surface area contributed by atoms with Crippen molar-refractivity contribution in [3.63, 3.8) is 0 Å². The zero-order valence-electron chi connectivity index (χ0n) is 13.4. The maximum Gasteiger partial charge on any atom is 0.313 e. The van der Waals surface area contributed by atoms with Gasteiger partial charge in [-0.15, -0.1) is 23.5 Å². The molecule has 6 nitrogen and oxygen atoms in total. The quantitative estimate of drug-likeness (QED) is 0.536. The van der Waals surface area contributed by atoms with Gasteiger partial charge >= 0.3 is 5.97 Å². The summed E-state index contributed by atoms with van der Waals surface area (Å²) in [4.78, 5) is 37.5. The molecule has 130 valence electrons. The van der Waals surface area contributed by atoms with Gasteiger partial charge in [-0.1, -0.05) is 0 Å². The lowest BCUT2D eigenvalue weighted by Gasteiger charge is -2.17. The fourth-order valence-corrected chi connectivity index (χ4v) is 3.42. The zero-order valence-corrected chi connectivity index (χ0v) is 15.0. The molecule has 0 bridgehead atoms. The monoisotopic (exact) mass is 368 g/mol. The molecule has 0 radical (unpaired) electrons. The van der Waals surface area contributed by atoms with Crippen LogP contribution in [0.2, 0.25) is 0 Å². The lowest BCUT2D eigenvalue weighted by Crippen LogP contribution is -2.34. The molecule has 0 aromatic heterocycles. The number of thioether (sulfide) groups is 2. The third-order valence-electron chi connectivity index (χ3n) is 3.65. The van der Waals surface area contributed by atoms with Crippen molar-refractivity contribution in [1.82, 2.24) is 5.32 Å². The summed E-state index contributed by atoms with van der Waals surface area (Å²) >= 11 is 2.89. The minimum absolute atomic E-state index is 0.0254. The van der Waals surface area contributed by atoms with Crippen LogP contribution in [0.4, 0.5) is 5.69 Å². The molecule has 1 aliphatic rings. The molecule has 2 N–H and O–H groups in total. The number of rotatable bonds is 8. The molecule has 0 spiro atoms. The van der Waals surface area contributed by atoms with Crippen LogP contribution >= 0.6 is 23.5 Å². The summed E-state index contributed by atoms with van der Waals surface area (Å²) in [5.41, 5.74) is 0.810. The second-order valence-electron chi connectivity index (χ2n) is 5.34. The Labute approximate surface area is 149 Å². The number of anilines is 1. The summed E-state index contributed by atoms with van der Waals surface area (Å²) in [5.74, 6) is -0.858. The van der Waals surface area contributed by atoms with Crippen LogP contribution in [0.15, 0.2) is 29.2 Å². The fraction of sp³-hybridized carbons (Fsp3) is 0.438. The molecule has 1 aromatic carbocycles. The highest BCUT2D eigenvalue weighted by Crippen LogP contribution is 2.27. The van der Waals surface area contributed by atoms with E-state index in [1.165, 1.54) is 11.8 Å². The number of amides is 2. The summed E-state index contributed by atoms with van der Waals surface area (Å²) in [7, 11) is 0. The normalized spacial score (nSPS) is 17.1. The molecule has 1 atom stereocenters.